The first-order valence-corrected chi connectivity index (χ1v) is 25.6. The average Bonchev–Trinajstić information content (AvgIpc) is 3.29. The van der Waals surface area contributed by atoms with Crippen LogP contribution in [0.1, 0.15) is 207 Å². The van der Waals surface area contributed by atoms with Crippen molar-refractivity contribution in [1.82, 2.24) is 0 Å². The van der Waals surface area contributed by atoms with E-state index in [0.717, 1.165) is 103 Å². The maximum atomic E-state index is 12.8. The molecule has 6 nitrogen and oxygen atoms in total. The molecule has 0 fully saturated rings. The highest BCUT2D eigenvalue weighted by Gasteiger charge is 2.19. The summed E-state index contributed by atoms with van der Waals surface area (Å²) in [5.41, 5.74) is 0. The van der Waals surface area contributed by atoms with Crippen LogP contribution in [0.15, 0.2) is 122 Å². The number of unbranched alkanes of at least 4 members (excludes halogenated alkanes) is 19. The molecule has 0 aliphatic carbocycles. The van der Waals surface area contributed by atoms with Crippen LogP contribution in [0.3, 0.4) is 0 Å². The molecule has 6 heteroatoms. The summed E-state index contributed by atoms with van der Waals surface area (Å²) in [6.07, 6.45) is 70.3. The van der Waals surface area contributed by atoms with Crippen LogP contribution in [-0.2, 0) is 28.6 Å². The number of carbonyl (C=O) groups excluding carboxylic acids is 3. The van der Waals surface area contributed by atoms with E-state index in [2.05, 4.69) is 69.4 Å². The van der Waals surface area contributed by atoms with E-state index in [0.29, 0.717) is 19.3 Å². The van der Waals surface area contributed by atoms with Crippen LogP contribution in [0.2, 0.25) is 0 Å². The predicted octanol–water partition coefficient (Wildman–Crippen LogP) is 16.9. The Balaban J connectivity index is 4.52. The molecule has 64 heavy (non-hydrogen) atoms. The van der Waals surface area contributed by atoms with Gasteiger partial charge in [-0.05, 0) is 70.6 Å². The number of carbonyl (C=O) groups is 3. The summed E-state index contributed by atoms with van der Waals surface area (Å²) < 4.78 is 16.7. The van der Waals surface area contributed by atoms with Gasteiger partial charge in [-0.25, -0.2) is 0 Å². The first-order valence-electron chi connectivity index (χ1n) is 25.6. The Bertz CT molecular complexity index is 1390. The minimum Gasteiger partial charge on any atom is -0.462 e. The number of esters is 3. The molecule has 0 bridgehead atoms. The highest BCUT2D eigenvalue weighted by molar-refractivity contribution is 5.71. The zero-order chi connectivity index (χ0) is 46.5. The second-order valence-corrected chi connectivity index (χ2v) is 16.5. The van der Waals surface area contributed by atoms with Gasteiger partial charge in [-0.1, -0.05) is 239 Å². The van der Waals surface area contributed by atoms with E-state index in [-0.39, 0.29) is 31.1 Å². The minimum absolute atomic E-state index is 0.100. The Labute approximate surface area is 392 Å². The molecule has 0 aromatic heterocycles. The number of ether oxygens (including phenoxy) is 3. The SMILES string of the molecule is CC\C=C/C=C\C=C/C=C\C=C\C=C/C=C\CCCCCC(=O)OCC(COC(=O)CCCCCCCCCCCCC)OC(=O)CCCCCCCC/C=C\C/C=C\C/C=C\CC. The van der Waals surface area contributed by atoms with Gasteiger partial charge in [0.15, 0.2) is 6.10 Å². The van der Waals surface area contributed by atoms with E-state index in [4.69, 9.17) is 14.2 Å². The fraction of sp³-hybridized carbons (Fsp3) is 0.603. The van der Waals surface area contributed by atoms with Crippen molar-refractivity contribution >= 4 is 17.9 Å². The van der Waals surface area contributed by atoms with Gasteiger partial charge in [0.05, 0.1) is 0 Å². The predicted molar refractivity (Wildman–Crippen MR) is 274 cm³/mol. The van der Waals surface area contributed by atoms with Gasteiger partial charge in [0.2, 0.25) is 0 Å². The fourth-order valence-electron chi connectivity index (χ4n) is 6.62. The second-order valence-electron chi connectivity index (χ2n) is 16.5. The lowest BCUT2D eigenvalue weighted by molar-refractivity contribution is -0.167. The molecule has 0 saturated heterocycles. The van der Waals surface area contributed by atoms with Crippen LogP contribution in [-0.4, -0.2) is 37.2 Å². The van der Waals surface area contributed by atoms with Crippen molar-refractivity contribution in [3.05, 3.63) is 122 Å². The number of allylic oxidation sites excluding steroid dienone is 20. The van der Waals surface area contributed by atoms with Gasteiger partial charge in [0, 0.05) is 19.3 Å². The summed E-state index contributed by atoms with van der Waals surface area (Å²) in [6.45, 7) is 6.31. The third-order valence-electron chi connectivity index (χ3n) is 10.4. The summed E-state index contributed by atoms with van der Waals surface area (Å²) in [7, 11) is 0. The first-order chi connectivity index (χ1) is 31.5. The van der Waals surface area contributed by atoms with Gasteiger partial charge in [-0.15, -0.1) is 0 Å². The molecule has 0 aliphatic heterocycles. The van der Waals surface area contributed by atoms with Crippen molar-refractivity contribution in [2.75, 3.05) is 13.2 Å². The van der Waals surface area contributed by atoms with Gasteiger partial charge in [-0.3, -0.25) is 14.4 Å². The third-order valence-corrected chi connectivity index (χ3v) is 10.4. The molecule has 0 spiro atoms. The molecule has 0 heterocycles. The molecule has 0 aromatic rings. The van der Waals surface area contributed by atoms with Crippen molar-refractivity contribution in [2.24, 2.45) is 0 Å². The second kappa shape index (κ2) is 51.4. The quantitative estimate of drug-likeness (QED) is 0.0199. The van der Waals surface area contributed by atoms with Crippen LogP contribution in [0.4, 0.5) is 0 Å². The third kappa shape index (κ3) is 48.8. The fourth-order valence-corrected chi connectivity index (χ4v) is 6.62. The van der Waals surface area contributed by atoms with Crippen LogP contribution >= 0.6 is 0 Å². The number of hydrogen-bond donors (Lipinski definition) is 0. The largest absolute Gasteiger partial charge is 0.462 e. The normalized spacial score (nSPS) is 13.1. The number of hydrogen-bond acceptors (Lipinski definition) is 6. The van der Waals surface area contributed by atoms with Crippen molar-refractivity contribution in [1.29, 1.82) is 0 Å². The van der Waals surface area contributed by atoms with E-state index in [1.54, 1.807) is 0 Å². The van der Waals surface area contributed by atoms with Crippen LogP contribution < -0.4 is 0 Å². The lowest BCUT2D eigenvalue weighted by Crippen LogP contribution is -2.30. The molecule has 0 N–H and O–H groups in total. The zero-order valence-electron chi connectivity index (χ0n) is 41.0. The van der Waals surface area contributed by atoms with Crippen molar-refractivity contribution in [3.63, 3.8) is 0 Å². The first kappa shape index (κ1) is 59.8. The maximum absolute atomic E-state index is 12.8. The standard InChI is InChI=1S/C58H92O6/c1-4-7-10-13-16-19-22-24-26-28-29-30-32-33-36-39-42-45-48-51-57(60)63-54-55(53-62-56(59)50-47-44-41-38-35-21-18-15-12-9-6-3)64-58(61)52-49-46-43-40-37-34-31-27-25-23-20-17-14-11-8-5-2/h7-8,10-11,13,16-17,19-20,22,24-30,32-33,36,55H,4-6,9,12,14-15,18,21,23,31,34-35,37-54H2,1-3H3/b10-7-,11-8-,16-13-,20-17-,22-19-,26-24-,27-25-,29-28+,32-30-,36-33-. The van der Waals surface area contributed by atoms with Gasteiger partial charge in [0.25, 0.3) is 0 Å². The van der Waals surface area contributed by atoms with Gasteiger partial charge in [-0.2, -0.15) is 0 Å². The highest BCUT2D eigenvalue weighted by atomic mass is 16.6. The monoisotopic (exact) mass is 885 g/mol. The van der Waals surface area contributed by atoms with E-state index in [1.165, 1.54) is 64.2 Å². The summed E-state index contributed by atoms with van der Waals surface area (Å²) >= 11 is 0. The molecule has 0 amide bonds. The molecule has 360 valence electrons. The molecule has 0 saturated carbocycles. The zero-order valence-corrected chi connectivity index (χ0v) is 41.0. The van der Waals surface area contributed by atoms with Crippen LogP contribution in [0, 0.1) is 0 Å². The van der Waals surface area contributed by atoms with E-state index < -0.39 is 6.10 Å². The van der Waals surface area contributed by atoms with Crippen LogP contribution in [0.25, 0.3) is 0 Å². The minimum atomic E-state index is -0.805. The summed E-state index contributed by atoms with van der Waals surface area (Å²) in [4.78, 5) is 38.0. The topological polar surface area (TPSA) is 78.9 Å². The van der Waals surface area contributed by atoms with Gasteiger partial charge >= 0.3 is 17.9 Å². The molecular weight excluding hydrogens is 793 g/mol. The Morgan fingerprint density at radius 1 is 0.344 bits per heavy atom. The Morgan fingerprint density at radius 3 is 1.16 bits per heavy atom. The summed E-state index contributed by atoms with van der Waals surface area (Å²) in [6, 6.07) is 0. The van der Waals surface area contributed by atoms with E-state index in [9.17, 15) is 14.4 Å². The highest BCUT2D eigenvalue weighted by Crippen LogP contribution is 2.14. The Morgan fingerprint density at radius 2 is 0.688 bits per heavy atom. The van der Waals surface area contributed by atoms with Gasteiger partial charge < -0.3 is 14.2 Å². The molecule has 0 aromatic carbocycles. The molecule has 1 atom stereocenters. The lowest BCUT2D eigenvalue weighted by atomic mass is 10.1. The van der Waals surface area contributed by atoms with E-state index >= 15 is 0 Å². The molecule has 1 unspecified atom stereocenters. The Kier molecular flexibility index (Phi) is 48.1. The molecular formula is C58H92O6. The maximum Gasteiger partial charge on any atom is 0.306 e. The summed E-state index contributed by atoms with van der Waals surface area (Å²) in [5, 5.41) is 0. The van der Waals surface area contributed by atoms with Gasteiger partial charge in [0.1, 0.15) is 13.2 Å². The number of rotatable bonds is 44. The molecule has 0 radical (unpaired) electrons. The molecule has 0 aliphatic rings. The van der Waals surface area contributed by atoms with E-state index in [1.807, 2.05) is 72.9 Å². The van der Waals surface area contributed by atoms with Crippen LogP contribution in [0.5, 0.6) is 0 Å². The lowest BCUT2D eigenvalue weighted by Gasteiger charge is -2.18. The summed E-state index contributed by atoms with van der Waals surface area (Å²) in [5.74, 6) is -0.968. The van der Waals surface area contributed by atoms with Crippen molar-refractivity contribution in [3.8, 4) is 0 Å². The molecule has 0 rings (SSSR count). The average molecular weight is 885 g/mol. The Hall–Kier alpha value is -4.19. The van der Waals surface area contributed by atoms with Crippen molar-refractivity contribution < 1.29 is 28.6 Å². The van der Waals surface area contributed by atoms with Crippen molar-refractivity contribution in [2.45, 2.75) is 213 Å². The smallest absolute Gasteiger partial charge is 0.306 e.